The van der Waals surface area contributed by atoms with Gasteiger partial charge in [-0.25, -0.2) is 9.18 Å². The number of aldehydes is 1. The van der Waals surface area contributed by atoms with Gasteiger partial charge in [0.25, 0.3) is 0 Å². The number of carbonyl (C=O) groups excluding carboxylic acids is 2. The molecule has 0 aliphatic heterocycles. The molecule has 1 aromatic rings. The number of esters is 1. The Morgan fingerprint density at radius 1 is 1.44 bits per heavy atom. The Balaban J connectivity index is 2.88. The van der Waals surface area contributed by atoms with Gasteiger partial charge in [-0.3, -0.25) is 4.79 Å². The average molecular weight is 222 g/mol. The Morgan fingerprint density at radius 3 is 2.81 bits per heavy atom. The standard InChI is InChI=1S/C12H11FO3/c1-2-16-12(15)6-4-9-3-5-11(13)7-10(9)8-14/h3-8H,2H2,1H3/b6-4+. The molecule has 0 heterocycles. The lowest BCUT2D eigenvalue weighted by molar-refractivity contribution is -0.137. The maximum Gasteiger partial charge on any atom is 0.330 e. The topological polar surface area (TPSA) is 43.4 Å². The molecule has 0 unspecified atom stereocenters. The molecule has 0 spiro atoms. The number of rotatable bonds is 4. The molecule has 84 valence electrons. The van der Waals surface area contributed by atoms with Crippen molar-refractivity contribution in [2.75, 3.05) is 6.61 Å². The number of hydrogen-bond donors (Lipinski definition) is 0. The highest BCUT2D eigenvalue weighted by Gasteiger charge is 2.01. The van der Waals surface area contributed by atoms with Gasteiger partial charge in [0, 0.05) is 11.6 Å². The molecule has 4 heteroatoms. The molecule has 0 aliphatic rings. The molecule has 0 fully saturated rings. The van der Waals surface area contributed by atoms with Gasteiger partial charge in [-0.2, -0.15) is 0 Å². The van der Waals surface area contributed by atoms with Gasteiger partial charge in [-0.1, -0.05) is 6.07 Å². The first-order valence-electron chi connectivity index (χ1n) is 4.77. The van der Waals surface area contributed by atoms with E-state index in [1.54, 1.807) is 6.92 Å². The number of halogens is 1. The molecule has 0 aliphatic carbocycles. The third-order valence-electron chi connectivity index (χ3n) is 1.86. The Hall–Kier alpha value is -1.97. The highest BCUT2D eigenvalue weighted by atomic mass is 19.1. The van der Waals surface area contributed by atoms with Crippen LogP contribution in [0.3, 0.4) is 0 Å². The first kappa shape index (κ1) is 12.1. The van der Waals surface area contributed by atoms with Gasteiger partial charge >= 0.3 is 5.97 Å². The predicted molar refractivity (Wildman–Crippen MR) is 57.5 cm³/mol. The van der Waals surface area contributed by atoms with Crippen LogP contribution in [0.1, 0.15) is 22.8 Å². The number of ether oxygens (including phenoxy) is 1. The largest absolute Gasteiger partial charge is 0.463 e. The quantitative estimate of drug-likeness (QED) is 0.445. The summed E-state index contributed by atoms with van der Waals surface area (Å²) < 4.78 is 17.5. The maximum atomic E-state index is 12.8. The summed E-state index contributed by atoms with van der Waals surface area (Å²) in [6, 6.07) is 3.75. The molecule has 0 atom stereocenters. The highest BCUT2D eigenvalue weighted by molar-refractivity contribution is 5.90. The highest BCUT2D eigenvalue weighted by Crippen LogP contribution is 2.11. The van der Waals surface area contributed by atoms with Crippen LogP contribution in [-0.4, -0.2) is 18.9 Å². The second-order valence-corrected chi connectivity index (χ2v) is 2.98. The van der Waals surface area contributed by atoms with Crippen LogP contribution >= 0.6 is 0 Å². The van der Waals surface area contributed by atoms with Crippen LogP contribution in [0.25, 0.3) is 6.08 Å². The van der Waals surface area contributed by atoms with Crippen molar-refractivity contribution in [3.05, 3.63) is 41.2 Å². The summed E-state index contributed by atoms with van der Waals surface area (Å²) >= 11 is 0. The van der Waals surface area contributed by atoms with Crippen LogP contribution in [0.4, 0.5) is 4.39 Å². The molecule has 1 aromatic carbocycles. The summed E-state index contributed by atoms with van der Waals surface area (Å²) in [5, 5.41) is 0. The summed E-state index contributed by atoms with van der Waals surface area (Å²) in [7, 11) is 0. The lowest BCUT2D eigenvalue weighted by atomic mass is 10.1. The third-order valence-corrected chi connectivity index (χ3v) is 1.86. The van der Waals surface area contributed by atoms with E-state index >= 15 is 0 Å². The summed E-state index contributed by atoms with van der Waals surface area (Å²) in [5.41, 5.74) is 0.671. The molecule has 0 bridgehead atoms. The van der Waals surface area contributed by atoms with Gasteiger partial charge in [0.05, 0.1) is 6.61 Å². The number of carbonyl (C=O) groups is 2. The summed E-state index contributed by atoms with van der Waals surface area (Å²) in [4.78, 5) is 21.6. The number of benzene rings is 1. The van der Waals surface area contributed by atoms with E-state index in [1.807, 2.05) is 0 Å². The van der Waals surface area contributed by atoms with Crippen LogP contribution in [0, 0.1) is 5.82 Å². The van der Waals surface area contributed by atoms with Crippen molar-refractivity contribution in [2.24, 2.45) is 0 Å². The minimum absolute atomic E-state index is 0.195. The molecule has 0 aromatic heterocycles. The van der Waals surface area contributed by atoms with E-state index < -0.39 is 11.8 Å². The Bertz CT molecular complexity index is 424. The summed E-state index contributed by atoms with van der Waals surface area (Å²) in [6.07, 6.45) is 3.15. The van der Waals surface area contributed by atoms with Crippen LogP contribution in [0.15, 0.2) is 24.3 Å². The minimum Gasteiger partial charge on any atom is -0.463 e. The molecule has 0 saturated carbocycles. The van der Waals surface area contributed by atoms with Gasteiger partial charge in [0.15, 0.2) is 6.29 Å². The van der Waals surface area contributed by atoms with E-state index in [0.717, 1.165) is 6.07 Å². The molecule has 0 N–H and O–H groups in total. The first-order chi connectivity index (χ1) is 7.67. The molecule has 0 amide bonds. The zero-order valence-corrected chi connectivity index (χ0v) is 8.77. The minimum atomic E-state index is -0.497. The zero-order valence-electron chi connectivity index (χ0n) is 8.77. The van der Waals surface area contributed by atoms with Crippen LogP contribution < -0.4 is 0 Å². The third kappa shape index (κ3) is 3.31. The van der Waals surface area contributed by atoms with Crippen molar-refractivity contribution >= 4 is 18.3 Å². The van der Waals surface area contributed by atoms with Gasteiger partial charge in [0.1, 0.15) is 5.82 Å². The fraction of sp³-hybridized carbons (Fsp3) is 0.167. The van der Waals surface area contributed by atoms with Crippen molar-refractivity contribution in [1.82, 2.24) is 0 Å². The summed E-state index contributed by atoms with van der Waals surface area (Å²) in [6.45, 7) is 1.98. The zero-order chi connectivity index (χ0) is 12.0. The van der Waals surface area contributed by atoms with E-state index in [4.69, 9.17) is 0 Å². The fourth-order valence-corrected chi connectivity index (χ4v) is 1.15. The van der Waals surface area contributed by atoms with E-state index in [2.05, 4.69) is 4.74 Å². The monoisotopic (exact) mass is 222 g/mol. The molecule has 0 saturated heterocycles. The summed E-state index contributed by atoms with van der Waals surface area (Å²) in [5.74, 6) is -0.987. The van der Waals surface area contributed by atoms with Crippen LogP contribution in [-0.2, 0) is 9.53 Å². The van der Waals surface area contributed by atoms with E-state index in [9.17, 15) is 14.0 Å². The first-order valence-corrected chi connectivity index (χ1v) is 4.77. The smallest absolute Gasteiger partial charge is 0.330 e. The van der Waals surface area contributed by atoms with Gasteiger partial charge in [0.2, 0.25) is 0 Å². The molecule has 16 heavy (non-hydrogen) atoms. The van der Waals surface area contributed by atoms with Crippen molar-refractivity contribution in [3.8, 4) is 0 Å². The Labute approximate surface area is 92.5 Å². The van der Waals surface area contributed by atoms with Crippen molar-refractivity contribution in [3.63, 3.8) is 0 Å². The Morgan fingerprint density at radius 2 is 2.19 bits per heavy atom. The van der Waals surface area contributed by atoms with Crippen LogP contribution in [0.5, 0.6) is 0 Å². The van der Waals surface area contributed by atoms with Gasteiger partial charge in [-0.15, -0.1) is 0 Å². The van der Waals surface area contributed by atoms with E-state index in [-0.39, 0.29) is 12.2 Å². The average Bonchev–Trinajstić information content (AvgIpc) is 2.27. The van der Waals surface area contributed by atoms with E-state index in [0.29, 0.717) is 11.8 Å². The maximum absolute atomic E-state index is 12.8. The van der Waals surface area contributed by atoms with Crippen molar-refractivity contribution in [2.45, 2.75) is 6.92 Å². The SMILES string of the molecule is CCOC(=O)/C=C/c1ccc(F)cc1C=O. The van der Waals surface area contributed by atoms with Gasteiger partial charge in [-0.05, 0) is 30.7 Å². The van der Waals surface area contributed by atoms with Crippen molar-refractivity contribution < 1.29 is 18.7 Å². The normalized spacial score (nSPS) is 10.4. The molecule has 0 radical (unpaired) electrons. The number of hydrogen-bond acceptors (Lipinski definition) is 3. The molecular weight excluding hydrogens is 211 g/mol. The molecular formula is C12H11FO3. The van der Waals surface area contributed by atoms with Gasteiger partial charge < -0.3 is 4.74 Å². The molecule has 1 rings (SSSR count). The Kier molecular flexibility index (Phi) is 4.39. The predicted octanol–water partition coefficient (Wildman–Crippen LogP) is 2.21. The molecule has 3 nitrogen and oxygen atoms in total. The second-order valence-electron chi connectivity index (χ2n) is 2.98. The van der Waals surface area contributed by atoms with Crippen molar-refractivity contribution in [1.29, 1.82) is 0 Å². The second kappa shape index (κ2) is 5.80. The lowest BCUT2D eigenvalue weighted by Gasteiger charge is -1.99. The lowest BCUT2D eigenvalue weighted by Crippen LogP contribution is -1.99. The van der Waals surface area contributed by atoms with Crippen LogP contribution in [0.2, 0.25) is 0 Å². The van der Waals surface area contributed by atoms with E-state index in [1.165, 1.54) is 24.3 Å². The fourth-order valence-electron chi connectivity index (χ4n) is 1.15.